The second kappa shape index (κ2) is 7.78. The third-order valence-electron chi connectivity index (χ3n) is 4.06. The van der Waals surface area contributed by atoms with Crippen molar-refractivity contribution >= 4 is 17.5 Å². The van der Waals surface area contributed by atoms with Crippen molar-refractivity contribution in [1.29, 1.82) is 0 Å². The van der Waals surface area contributed by atoms with Crippen LogP contribution >= 0.6 is 11.6 Å². The van der Waals surface area contributed by atoms with Gasteiger partial charge in [0.15, 0.2) is 23.3 Å². The Morgan fingerprint density at radius 2 is 2.19 bits per heavy atom. The quantitative estimate of drug-likeness (QED) is 0.592. The molecular formula is C18H18ClFN2O4. The van der Waals surface area contributed by atoms with Gasteiger partial charge in [-0.3, -0.25) is 4.79 Å². The average molecular weight is 381 g/mol. The number of ether oxygens (including phenoxy) is 2. The van der Waals surface area contributed by atoms with Crippen LogP contribution in [0.25, 0.3) is 0 Å². The highest BCUT2D eigenvalue weighted by Crippen LogP contribution is 2.30. The Hall–Kier alpha value is -2.54. The van der Waals surface area contributed by atoms with E-state index in [1.807, 2.05) is 0 Å². The van der Waals surface area contributed by atoms with Gasteiger partial charge in [0, 0.05) is 12.6 Å². The number of halogens is 2. The summed E-state index contributed by atoms with van der Waals surface area (Å²) < 4.78 is 24.6. The Bertz CT molecular complexity index is 827. The van der Waals surface area contributed by atoms with E-state index in [1.165, 1.54) is 31.5 Å². The Morgan fingerprint density at radius 3 is 2.85 bits per heavy atom. The maximum Gasteiger partial charge on any atom is 0.394 e. The van der Waals surface area contributed by atoms with Gasteiger partial charge in [-0.05, 0) is 36.5 Å². The number of aromatic nitrogens is 1. The number of carbonyl (C=O) groups is 1. The number of nitrogens with one attached hydrogen (secondary N) is 1. The topological polar surface area (TPSA) is 74.5 Å². The normalized spacial score (nSPS) is 13.3. The lowest BCUT2D eigenvalue weighted by molar-refractivity contribution is -0.613. The van der Waals surface area contributed by atoms with E-state index in [0.717, 1.165) is 12.8 Å². The van der Waals surface area contributed by atoms with E-state index in [2.05, 4.69) is 5.32 Å². The van der Waals surface area contributed by atoms with E-state index in [0.29, 0.717) is 22.8 Å². The standard InChI is InChI=1S/C18H18ClFN2O4/c1-25-15-5-4-12(8-14(15)20)9-21-17(23)16-13(19)6-7-22(24)18(16)26-10-11-2-3-11/h4-8,11H,2-3,9-10H2,1H3,(H,21,23). The summed E-state index contributed by atoms with van der Waals surface area (Å²) in [6.45, 7) is 0.429. The molecule has 3 rings (SSSR count). The van der Waals surface area contributed by atoms with Crippen molar-refractivity contribution in [3.63, 3.8) is 0 Å². The number of hydrogen-bond donors (Lipinski definition) is 1. The molecule has 1 saturated carbocycles. The van der Waals surface area contributed by atoms with Crippen LogP contribution in [0.5, 0.6) is 11.6 Å². The van der Waals surface area contributed by atoms with Gasteiger partial charge in [-0.25, -0.2) is 4.39 Å². The van der Waals surface area contributed by atoms with Crippen molar-refractivity contribution in [2.75, 3.05) is 13.7 Å². The van der Waals surface area contributed by atoms with Crippen molar-refractivity contribution in [3.05, 3.63) is 57.6 Å². The molecule has 26 heavy (non-hydrogen) atoms. The first kappa shape index (κ1) is 18.3. The number of pyridine rings is 1. The predicted molar refractivity (Wildman–Crippen MR) is 92.8 cm³/mol. The maximum atomic E-state index is 13.7. The van der Waals surface area contributed by atoms with Crippen LogP contribution in [0.4, 0.5) is 4.39 Å². The summed E-state index contributed by atoms with van der Waals surface area (Å²) in [6.07, 6.45) is 3.29. The first-order valence-electron chi connectivity index (χ1n) is 8.14. The maximum absolute atomic E-state index is 13.7. The minimum Gasteiger partial charge on any atom is -0.616 e. The molecule has 0 aliphatic heterocycles. The zero-order valence-corrected chi connectivity index (χ0v) is 14.9. The first-order valence-corrected chi connectivity index (χ1v) is 8.52. The fourth-order valence-electron chi connectivity index (χ4n) is 2.41. The molecule has 1 heterocycles. The first-order chi connectivity index (χ1) is 12.5. The zero-order chi connectivity index (χ0) is 18.7. The molecular weight excluding hydrogens is 363 g/mol. The van der Waals surface area contributed by atoms with Gasteiger partial charge < -0.3 is 20.0 Å². The Morgan fingerprint density at radius 1 is 1.42 bits per heavy atom. The van der Waals surface area contributed by atoms with Crippen molar-refractivity contribution in [1.82, 2.24) is 5.32 Å². The third-order valence-corrected chi connectivity index (χ3v) is 4.37. The highest BCUT2D eigenvalue weighted by atomic mass is 35.5. The van der Waals surface area contributed by atoms with Gasteiger partial charge in [-0.2, -0.15) is 0 Å². The van der Waals surface area contributed by atoms with Gasteiger partial charge in [0.05, 0.1) is 18.7 Å². The number of amides is 1. The van der Waals surface area contributed by atoms with Gasteiger partial charge in [0.1, 0.15) is 0 Å². The smallest absolute Gasteiger partial charge is 0.394 e. The molecule has 2 aromatic rings. The van der Waals surface area contributed by atoms with Gasteiger partial charge in [0.25, 0.3) is 5.91 Å². The van der Waals surface area contributed by atoms with E-state index >= 15 is 0 Å². The summed E-state index contributed by atoms with van der Waals surface area (Å²) >= 11 is 6.10. The molecule has 0 atom stereocenters. The molecule has 1 aromatic carbocycles. The summed E-state index contributed by atoms with van der Waals surface area (Å²) in [5.41, 5.74) is 0.512. The summed E-state index contributed by atoms with van der Waals surface area (Å²) in [5, 5.41) is 14.7. The molecule has 6 nitrogen and oxygen atoms in total. The van der Waals surface area contributed by atoms with Gasteiger partial charge in [-0.15, -0.1) is 4.73 Å². The van der Waals surface area contributed by atoms with Crippen molar-refractivity contribution < 1.29 is 23.4 Å². The molecule has 138 valence electrons. The number of carbonyl (C=O) groups excluding carboxylic acids is 1. The molecule has 1 fully saturated rings. The lowest BCUT2D eigenvalue weighted by Gasteiger charge is -2.12. The summed E-state index contributed by atoms with van der Waals surface area (Å²) in [5.74, 6) is -0.686. The number of nitrogens with zero attached hydrogens (tertiary/aromatic N) is 1. The number of hydrogen-bond acceptors (Lipinski definition) is 4. The Balaban J connectivity index is 1.74. The van der Waals surface area contributed by atoms with Crippen LogP contribution in [0.2, 0.25) is 5.02 Å². The lowest BCUT2D eigenvalue weighted by Crippen LogP contribution is -2.34. The molecule has 0 bridgehead atoms. The molecule has 0 unspecified atom stereocenters. The molecule has 1 aromatic heterocycles. The zero-order valence-electron chi connectivity index (χ0n) is 14.1. The minimum atomic E-state index is -0.567. The van der Waals surface area contributed by atoms with E-state index < -0.39 is 11.7 Å². The van der Waals surface area contributed by atoms with Crippen molar-refractivity contribution in [2.45, 2.75) is 19.4 Å². The Labute approximate surface area is 155 Å². The van der Waals surface area contributed by atoms with E-state index in [-0.39, 0.29) is 28.8 Å². The minimum absolute atomic E-state index is 0.0289. The monoisotopic (exact) mass is 380 g/mol. The second-order valence-corrected chi connectivity index (χ2v) is 6.48. The largest absolute Gasteiger partial charge is 0.616 e. The van der Waals surface area contributed by atoms with E-state index in [1.54, 1.807) is 6.07 Å². The van der Waals surface area contributed by atoms with E-state index in [4.69, 9.17) is 21.1 Å². The molecule has 1 N–H and O–H groups in total. The number of methoxy groups -OCH3 is 1. The lowest BCUT2D eigenvalue weighted by atomic mass is 10.2. The van der Waals surface area contributed by atoms with Gasteiger partial charge in [0.2, 0.25) is 0 Å². The number of rotatable bonds is 7. The summed E-state index contributed by atoms with van der Waals surface area (Å²) in [4.78, 5) is 12.5. The molecule has 1 aliphatic carbocycles. The van der Waals surface area contributed by atoms with Crippen molar-refractivity contribution in [3.8, 4) is 11.6 Å². The molecule has 8 heteroatoms. The second-order valence-electron chi connectivity index (χ2n) is 6.08. The van der Waals surface area contributed by atoms with Crippen LogP contribution in [0, 0.1) is 16.9 Å². The highest BCUT2D eigenvalue weighted by molar-refractivity contribution is 6.34. The van der Waals surface area contributed by atoms with Gasteiger partial charge >= 0.3 is 5.88 Å². The average Bonchev–Trinajstić information content (AvgIpc) is 3.44. The summed E-state index contributed by atoms with van der Waals surface area (Å²) in [6, 6.07) is 5.71. The molecule has 0 radical (unpaired) electrons. The third kappa shape index (κ3) is 4.16. The fourth-order valence-corrected chi connectivity index (χ4v) is 2.63. The van der Waals surface area contributed by atoms with Crippen LogP contribution in [0.1, 0.15) is 28.8 Å². The highest BCUT2D eigenvalue weighted by Gasteiger charge is 2.28. The van der Waals surface area contributed by atoms with Crippen molar-refractivity contribution in [2.24, 2.45) is 5.92 Å². The predicted octanol–water partition coefficient (Wildman–Crippen LogP) is 2.84. The molecule has 1 amide bonds. The molecule has 0 spiro atoms. The van der Waals surface area contributed by atoms with Crippen LogP contribution < -0.4 is 19.5 Å². The SMILES string of the molecule is COc1ccc(CNC(=O)c2c(Cl)cc[n+]([O-])c2OCC2CC2)cc1F. The van der Waals surface area contributed by atoms with Crippen LogP contribution in [-0.2, 0) is 6.54 Å². The van der Waals surface area contributed by atoms with Crippen LogP contribution in [0.15, 0.2) is 30.5 Å². The van der Waals surface area contributed by atoms with Gasteiger partial charge in [-0.1, -0.05) is 17.7 Å². The van der Waals surface area contributed by atoms with E-state index in [9.17, 15) is 14.4 Å². The summed E-state index contributed by atoms with van der Waals surface area (Å²) in [7, 11) is 1.37. The van der Waals surface area contributed by atoms with Crippen LogP contribution in [0.3, 0.4) is 0 Å². The molecule has 0 saturated heterocycles. The fraction of sp³-hybridized carbons (Fsp3) is 0.333. The number of benzene rings is 1. The van der Waals surface area contributed by atoms with Crippen LogP contribution in [-0.4, -0.2) is 19.6 Å². The Kier molecular flexibility index (Phi) is 5.46. The molecule has 1 aliphatic rings.